The van der Waals surface area contributed by atoms with Gasteiger partial charge in [0, 0.05) is 78.3 Å². The third kappa shape index (κ3) is 16.8. The third-order valence-electron chi connectivity index (χ3n) is 8.08. The van der Waals surface area contributed by atoms with Crippen LogP contribution in [0, 0.1) is 0 Å². The van der Waals surface area contributed by atoms with E-state index >= 15 is 0 Å². The Balaban J connectivity index is 0.000000257. The van der Waals surface area contributed by atoms with Gasteiger partial charge in [-0.3, -0.25) is 19.6 Å². The van der Waals surface area contributed by atoms with Gasteiger partial charge in [-0.25, -0.2) is 0 Å². The summed E-state index contributed by atoms with van der Waals surface area (Å²) in [5.41, 5.74) is 0. The number of hydrogen-bond donors (Lipinski definition) is 0. The van der Waals surface area contributed by atoms with Crippen molar-refractivity contribution in [2.75, 3.05) is 125 Å². The molecule has 4 aliphatic heterocycles. The first-order valence-corrected chi connectivity index (χ1v) is 19.2. The number of rotatable bonds is 25. The first kappa shape index (κ1) is 37.2. The second kappa shape index (κ2) is 22.3. The summed E-state index contributed by atoms with van der Waals surface area (Å²) >= 11 is 0. The average Bonchev–Trinajstić information content (AvgIpc) is 3.92. The van der Waals surface area contributed by atoms with Crippen molar-refractivity contribution in [2.24, 2.45) is 0 Å². The highest BCUT2D eigenvalue weighted by atomic mass is 28.4. The Kier molecular flexibility index (Phi) is 19.3. The standard InChI is InChI=1S/C18H38N2O5Si.C13H26N2O2/c1-4-23-26(24-5-2,25-6-3)14-8-10-20-12-11-19(17-20)9-7-13-21-15-18-16-22-18;1-2-3-5-14-7-8-15(12-14)6-4-9-16-10-13-11-17-13/h18H,4-17H2,1-3H3;13H,2-12H2,1H3. The summed E-state index contributed by atoms with van der Waals surface area (Å²) in [6.07, 6.45) is 6.71. The molecule has 254 valence electrons. The molecule has 43 heavy (non-hydrogen) atoms. The molecular formula is C31H64N4O7Si. The Hall–Kier alpha value is -0.223. The third-order valence-corrected chi connectivity index (χ3v) is 11.2. The molecule has 0 radical (unpaired) electrons. The van der Waals surface area contributed by atoms with E-state index in [0.717, 1.165) is 104 Å². The molecule has 0 aromatic rings. The van der Waals surface area contributed by atoms with E-state index in [2.05, 4.69) is 26.5 Å². The van der Waals surface area contributed by atoms with Crippen LogP contribution in [0.1, 0.15) is 59.8 Å². The van der Waals surface area contributed by atoms with Gasteiger partial charge in [0.2, 0.25) is 0 Å². The molecule has 11 nitrogen and oxygen atoms in total. The molecule has 4 saturated heterocycles. The fraction of sp³-hybridized carbons (Fsp3) is 1.00. The maximum atomic E-state index is 5.94. The highest BCUT2D eigenvalue weighted by Gasteiger charge is 2.40. The summed E-state index contributed by atoms with van der Waals surface area (Å²) in [4.78, 5) is 10.1. The van der Waals surface area contributed by atoms with Crippen molar-refractivity contribution in [2.45, 2.75) is 78.1 Å². The van der Waals surface area contributed by atoms with E-state index in [9.17, 15) is 0 Å². The van der Waals surface area contributed by atoms with Gasteiger partial charge in [-0.15, -0.1) is 0 Å². The summed E-state index contributed by atoms with van der Waals surface area (Å²) in [7, 11) is -2.49. The number of epoxide rings is 2. The summed E-state index contributed by atoms with van der Waals surface area (Å²) in [6, 6.07) is 0.899. The predicted molar refractivity (Wildman–Crippen MR) is 171 cm³/mol. The minimum absolute atomic E-state index is 0.373. The first-order chi connectivity index (χ1) is 21.1. The molecule has 0 amide bonds. The molecule has 4 fully saturated rings. The minimum atomic E-state index is -2.49. The lowest BCUT2D eigenvalue weighted by Crippen LogP contribution is -2.46. The highest BCUT2D eigenvalue weighted by molar-refractivity contribution is 6.60. The van der Waals surface area contributed by atoms with E-state index in [4.69, 9.17) is 32.2 Å². The van der Waals surface area contributed by atoms with Crippen LogP contribution >= 0.6 is 0 Å². The van der Waals surface area contributed by atoms with Crippen LogP contribution in [0.3, 0.4) is 0 Å². The Morgan fingerprint density at radius 2 is 0.977 bits per heavy atom. The summed E-state index contributed by atoms with van der Waals surface area (Å²) in [5.74, 6) is 0. The molecule has 0 aromatic heterocycles. The van der Waals surface area contributed by atoms with Crippen LogP contribution in [-0.2, 0) is 32.2 Å². The van der Waals surface area contributed by atoms with Gasteiger partial charge < -0.3 is 32.2 Å². The van der Waals surface area contributed by atoms with Crippen molar-refractivity contribution in [3.05, 3.63) is 0 Å². The van der Waals surface area contributed by atoms with Crippen LogP contribution in [0.2, 0.25) is 6.04 Å². The molecule has 4 heterocycles. The number of ether oxygens (including phenoxy) is 4. The lowest BCUT2D eigenvalue weighted by molar-refractivity contribution is 0.0699. The molecule has 0 saturated carbocycles. The van der Waals surface area contributed by atoms with Crippen molar-refractivity contribution in [1.29, 1.82) is 0 Å². The smallest absolute Gasteiger partial charge is 0.379 e. The van der Waals surface area contributed by atoms with Gasteiger partial charge in [0.05, 0.1) is 39.8 Å². The predicted octanol–water partition coefficient (Wildman–Crippen LogP) is 2.97. The molecule has 4 rings (SSSR count). The van der Waals surface area contributed by atoms with E-state index in [1.165, 1.54) is 39.0 Å². The van der Waals surface area contributed by atoms with Gasteiger partial charge in [-0.2, -0.15) is 0 Å². The Morgan fingerprint density at radius 3 is 1.35 bits per heavy atom. The molecule has 0 bridgehead atoms. The Bertz CT molecular complexity index is 676. The van der Waals surface area contributed by atoms with E-state index in [1.807, 2.05) is 20.8 Å². The zero-order valence-corrected chi connectivity index (χ0v) is 29.0. The minimum Gasteiger partial charge on any atom is -0.379 e. The molecule has 0 spiro atoms. The maximum Gasteiger partial charge on any atom is 0.500 e. The zero-order chi connectivity index (χ0) is 30.6. The van der Waals surface area contributed by atoms with E-state index in [0.29, 0.717) is 32.0 Å². The molecule has 4 aliphatic rings. The van der Waals surface area contributed by atoms with Crippen LogP contribution in [0.15, 0.2) is 0 Å². The molecule has 12 heteroatoms. The zero-order valence-electron chi connectivity index (χ0n) is 28.0. The fourth-order valence-electron chi connectivity index (χ4n) is 5.58. The van der Waals surface area contributed by atoms with Crippen LogP contribution in [-0.4, -0.2) is 166 Å². The largest absolute Gasteiger partial charge is 0.500 e. The lowest BCUT2D eigenvalue weighted by Gasteiger charge is -2.29. The SMILES string of the molecule is CCCCN1CCN(CCCOCC2CO2)C1.CCO[Si](CCCN1CCN(CCCOCC2CO2)C1)(OCC)OCC. The van der Waals surface area contributed by atoms with Crippen molar-refractivity contribution in [1.82, 2.24) is 19.6 Å². The van der Waals surface area contributed by atoms with Gasteiger partial charge in [-0.05, 0) is 59.5 Å². The van der Waals surface area contributed by atoms with Gasteiger partial charge in [0.25, 0.3) is 0 Å². The second-order valence-electron chi connectivity index (χ2n) is 12.0. The summed E-state index contributed by atoms with van der Waals surface area (Å²) < 4.78 is 39.2. The van der Waals surface area contributed by atoms with Gasteiger partial charge in [-0.1, -0.05) is 13.3 Å². The van der Waals surface area contributed by atoms with Gasteiger partial charge >= 0.3 is 8.80 Å². The number of nitrogens with zero attached hydrogens (tertiary/aromatic N) is 4. The molecular weight excluding hydrogens is 568 g/mol. The first-order valence-electron chi connectivity index (χ1n) is 17.3. The summed E-state index contributed by atoms with van der Waals surface area (Å²) in [6.45, 7) is 26.9. The highest BCUT2D eigenvalue weighted by Crippen LogP contribution is 2.19. The monoisotopic (exact) mass is 632 g/mol. The molecule has 0 aromatic carbocycles. The fourth-order valence-corrected chi connectivity index (χ4v) is 8.18. The molecule has 2 unspecified atom stereocenters. The Morgan fingerprint density at radius 1 is 0.581 bits per heavy atom. The Labute approximate surface area is 263 Å². The van der Waals surface area contributed by atoms with Crippen molar-refractivity contribution in [3.63, 3.8) is 0 Å². The van der Waals surface area contributed by atoms with Crippen LogP contribution in [0.25, 0.3) is 0 Å². The average molecular weight is 633 g/mol. The van der Waals surface area contributed by atoms with Crippen LogP contribution < -0.4 is 0 Å². The van der Waals surface area contributed by atoms with E-state index < -0.39 is 8.80 Å². The molecule has 2 atom stereocenters. The topological polar surface area (TPSA) is 84.2 Å². The molecule has 0 aliphatic carbocycles. The van der Waals surface area contributed by atoms with Crippen LogP contribution in [0.5, 0.6) is 0 Å². The van der Waals surface area contributed by atoms with Crippen molar-refractivity contribution < 1.29 is 32.2 Å². The van der Waals surface area contributed by atoms with Crippen LogP contribution in [0.4, 0.5) is 0 Å². The normalized spacial score (nSPS) is 23.2. The number of hydrogen-bond acceptors (Lipinski definition) is 11. The van der Waals surface area contributed by atoms with Gasteiger partial charge in [0.15, 0.2) is 0 Å². The van der Waals surface area contributed by atoms with E-state index in [1.54, 1.807) is 0 Å². The summed E-state index contributed by atoms with van der Waals surface area (Å²) in [5, 5.41) is 0. The van der Waals surface area contributed by atoms with E-state index in [-0.39, 0.29) is 0 Å². The lowest BCUT2D eigenvalue weighted by atomic mass is 10.3. The molecule has 0 N–H and O–H groups in total. The van der Waals surface area contributed by atoms with Crippen molar-refractivity contribution >= 4 is 8.80 Å². The van der Waals surface area contributed by atoms with Gasteiger partial charge in [0.1, 0.15) is 12.2 Å². The maximum absolute atomic E-state index is 5.94. The number of unbranched alkanes of at least 4 members (excludes halogenated alkanes) is 1. The van der Waals surface area contributed by atoms with Crippen molar-refractivity contribution in [3.8, 4) is 0 Å². The quantitative estimate of drug-likeness (QED) is 0.0847. The second-order valence-corrected chi connectivity index (χ2v) is 14.7.